The monoisotopic (exact) mass is 642 g/mol. The van der Waals surface area contributed by atoms with Crippen LogP contribution in [0.3, 0.4) is 0 Å². The second-order valence-electron chi connectivity index (χ2n) is 10.1. The summed E-state index contributed by atoms with van der Waals surface area (Å²) in [7, 11) is -6.20. The molecule has 4 rings (SSSR count). The van der Waals surface area contributed by atoms with Crippen molar-refractivity contribution in [3.05, 3.63) is 65.1 Å². The molecule has 0 aliphatic carbocycles. The van der Waals surface area contributed by atoms with Crippen molar-refractivity contribution in [2.75, 3.05) is 67.1 Å². The summed E-state index contributed by atoms with van der Waals surface area (Å²) in [6, 6.07) is 11.1. The number of nitrogens with one attached hydrogen (secondary N) is 2. The minimum Gasteiger partial charge on any atom is -0.338 e. The summed E-state index contributed by atoms with van der Waals surface area (Å²) in [6.45, 7) is 4.19. The van der Waals surface area contributed by atoms with Gasteiger partial charge in [0.2, 0.25) is 26.0 Å². The van der Waals surface area contributed by atoms with Crippen molar-refractivity contribution in [1.82, 2.24) is 24.6 Å². The number of nitrogens with zero attached hydrogens (tertiary/aromatic N) is 7. The number of hydrogen-bond acceptors (Lipinski definition) is 12. The van der Waals surface area contributed by atoms with Gasteiger partial charge >= 0.3 is 0 Å². The number of nitriles is 1. The maximum absolute atomic E-state index is 13.3. The predicted molar refractivity (Wildman–Crippen MR) is 165 cm³/mol. The predicted octanol–water partition coefficient (Wildman–Crippen LogP) is 0.259. The molecule has 0 saturated carbocycles. The van der Waals surface area contributed by atoms with Crippen molar-refractivity contribution in [3.8, 4) is 6.07 Å². The van der Waals surface area contributed by atoms with Gasteiger partial charge < -0.3 is 21.3 Å². The first-order valence-corrected chi connectivity index (χ1v) is 16.9. The number of sulfonamides is 2. The van der Waals surface area contributed by atoms with Crippen molar-refractivity contribution in [2.45, 2.75) is 18.4 Å². The molecule has 1 amide bonds. The van der Waals surface area contributed by atoms with E-state index < -0.39 is 26.0 Å². The van der Waals surface area contributed by atoms with Crippen LogP contribution in [0.2, 0.25) is 0 Å². The van der Waals surface area contributed by atoms with Gasteiger partial charge in [-0.15, -0.1) is 0 Å². The van der Waals surface area contributed by atoms with E-state index >= 15 is 0 Å². The summed E-state index contributed by atoms with van der Waals surface area (Å²) in [6.07, 6.45) is 2.20. The van der Waals surface area contributed by atoms with Crippen molar-refractivity contribution in [2.24, 2.45) is 5.73 Å². The highest BCUT2D eigenvalue weighted by molar-refractivity contribution is 7.92. The summed E-state index contributed by atoms with van der Waals surface area (Å²) in [4.78, 5) is 27.8. The number of anilines is 3. The first-order valence-electron chi connectivity index (χ1n) is 13.6. The average Bonchev–Trinajstić information content (AvgIpc) is 3.00. The van der Waals surface area contributed by atoms with E-state index in [0.29, 0.717) is 44.4 Å². The quantitative estimate of drug-likeness (QED) is 0.241. The second kappa shape index (κ2) is 13.6. The fourth-order valence-corrected chi connectivity index (χ4v) is 6.37. The minimum absolute atomic E-state index is 0.0482. The Kier molecular flexibility index (Phi) is 10.1. The molecule has 1 aliphatic rings. The van der Waals surface area contributed by atoms with E-state index in [1.54, 1.807) is 31.2 Å². The maximum atomic E-state index is 13.3. The standard InChI is InChI=1S/C27H34N10O5S2/c1-19-14-21(16-29)33-27(32-19)36-10-12-37(13-11-36)44(41,42)22-5-7-25(31-18-22)34-26(38)23-15-20(17-30-9-8-28)4-6-24(23)35(2)43(3,39)40/h4-7,14-15,18,30H,8-13,17,28H2,1-3H3,(H,31,34,38). The highest BCUT2D eigenvalue weighted by atomic mass is 32.2. The van der Waals surface area contributed by atoms with E-state index in [1.807, 2.05) is 11.0 Å². The number of aryl methyl sites for hydroxylation is 1. The molecule has 3 heterocycles. The molecule has 234 valence electrons. The van der Waals surface area contributed by atoms with Gasteiger partial charge in [0.1, 0.15) is 22.5 Å². The molecule has 17 heteroatoms. The Hall–Kier alpha value is -4.21. The Morgan fingerprint density at radius 3 is 2.43 bits per heavy atom. The van der Waals surface area contributed by atoms with Crippen LogP contribution in [0.25, 0.3) is 0 Å². The highest BCUT2D eigenvalue weighted by Crippen LogP contribution is 2.25. The molecule has 0 radical (unpaired) electrons. The maximum Gasteiger partial charge on any atom is 0.258 e. The second-order valence-corrected chi connectivity index (χ2v) is 14.0. The van der Waals surface area contributed by atoms with E-state index in [-0.39, 0.29) is 40.7 Å². The Morgan fingerprint density at radius 2 is 1.82 bits per heavy atom. The van der Waals surface area contributed by atoms with Crippen LogP contribution in [0, 0.1) is 18.3 Å². The van der Waals surface area contributed by atoms with Gasteiger partial charge in [-0.05, 0) is 42.8 Å². The van der Waals surface area contributed by atoms with E-state index in [2.05, 4.69) is 25.6 Å². The van der Waals surface area contributed by atoms with Gasteiger partial charge in [-0.3, -0.25) is 9.10 Å². The Bertz CT molecular complexity index is 1770. The van der Waals surface area contributed by atoms with Crippen LogP contribution in [0.4, 0.5) is 17.5 Å². The summed E-state index contributed by atoms with van der Waals surface area (Å²) >= 11 is 0. The average molecular weight is 643 g/mol. The van der Waals surface area contributed by atoms with Gasteiger partial charge in [-0.2, -0.15) is 9.57 Å². The number of benzene rings is 1. The number of nitrogens with two attached hydrogens (primary N) is 1. The third-order valence-electron chi connectivity index (χ3n) is 6.89. The summed E-state index contributed by atoms with van der Waals surface area (Å²) in [5, 5.41) is 15.0. The molecule has 0 bridgehead atoms. The molecule has 2 aromatic heterocycles. The lowest BCUT2D eigenvalue weighted by atomic mass is 10.1. The molecule has 0 spiro atoms. The molecule has 1 aromatic carbocycles. The van der Waals surface area contributed by atoms with Crippen molar-refractivity contribution in [3.63, 3.8) is 0 Å². The summed E-state index contributed by atoms with van der Waals surface area (Å²) < 4.78 is 53.5. The lowest BCUT2D eigenvalue weighted by Gasteiger charge is -2.34. The Balaban J connectivity index is 1.47. The zero-order chi connectivity index (χ0) is 32.1. The number of carbonyl (C=O) groups is 1. The molecule has 3 aromatic rings. The van der Waals surface area contributed by atoms with Crippen LogP contribution in [0.15, 0.2) is 47.5 Å². The number of hydrogen-bond donors (Lipinski definition) is 3. The van der Waals surface area contributed by atoms with Gasteiger partial charge in [0.25, 0.3) is 5.91 Å². The van der Waals surface area contributed by atoms with Crippen LogP contribution in [-0.4, -0.2) is 94.6 Å². The largest absolute Gasteiger partial charge is 0.338 e. The number of amides is 1. The third-order valence-corrected chi connectivity index (χ3v) is 9.96. The van der Waals surface area contributed by atoms with E-state index in [4.69, 9.17) is 5.73 Å². The number of carbonyl (C=O) groups excluding carboxylic acids is 1. The first kappa shape index (κ1) is 32.7. The first-order chi connectivity index (χ1) is 20.8. The number of pyridine rings is 1. The zero-order valence-electron chi connectivity index (χ0n) is 24.6. The molecule has 1 fully saturated rings. The van der Waals surface area contributed by atoms with Gasteiger partial charge in [-0.1, -0.05) is 6.07 Å². The van der Waals surface area contributed by atoms with Crippen LogP contribution in [-0.2, 0) is 26.6 Å². The molecule has 0 unspecified atom stereocenters. The Labute approximate surface area is 256 Å². The van der Waals surface area contributed by atoms with Crippen LogP contribution in [0.5, 0.6) is 0 Å². The zero-order valence-corrected chi connectivity index (χ0v) is 26.2. The van der Waals surface area contributed by atoms with Gasteiger partial charge in [0.15, 0.2) is 0 Å². The molecule has 1 aliphatic heterocycles. The molecule has 15 nitrogen and oxygen atoms in total. The molecule has 0 atom stereocenters. The molecule has 1 saturated heterocycles. The number of rotatable bonds is 11. The fourth-order valence-electron chi connectivity index (χ4n) is 4.48. The van der Waals surface area contributed by atoms with Gasteiger partial charge in [0, 0.05) is 64.8 Å². The number of piperazine rings is 1. The molecular weight excluding hydrogens is 608 g/mol. The van der Waals surface area contributed by atoms with Crippen LogP contribution < -0.4 is 25.6 Å². The summed E-state index contributed by atoms with van der Waals surface area (Å²) in [5.41, 5.74) is 7.42. The van der Waals surface area contributed by atoms with Gasteiger partial charge in [0.05, 0.1) is 17.5 Å². The van der Waals surface area contributed by atoms with Crippen LogP contribution in [0.1, 0.15) is 27.3 Å². The lowest BCUT2D eigenvalue weighted by molar-refractivity contribution is 0.102. The topological polar surface area (TPSA) is 208 Å². The third kappa shape index (κ3) is 7.65. The van der Waals surface area contributed by atoms with Crippen molar-refractivity contribution < 1.29 is 21.6 Å². The number of aromatic nitrogens is 3. The van der Waals surface area contributed by atoms with E-state index in [1.165, 1.54) is 23.5 Å². The normalized spacial score (nSPS) is 14.2. The summed E-state index contributed by atoms with van der Waals surface area (Å²) in [5.74, 6) is -0.153. The van der Waals surface area contributed by atoms with Crippen molar-refractivity contribution in [1.29, 1.82) is 5.26 Å². The molecule has 44 heavy (non-hydrogen) atoms. The minimum atomic E-state index is -3.89. The van der Waals surface area contributed by atoms with Crippen molar-refractivity contribution >= 4 is 43.4 Å². The smallest absolute Gasteiger partial charge is 0.258 e. The Morgan fingerprint density at radius 1 is 1.09 bits per heavy atom. The highest BCUT2D eigenvalue weighted by Gasteiger charge is 2.30. The van der Waals surface area contributed by atoms with E-state index in [0.717, 1.165) is 22.3 Å². The fraction of sp³-hybridized carbons (Fsp3) is 0.370. The van der Waals surface area contributed by atoms with Gasteiger partial charge in [-0.25, -0.2) is 31.8 Å². The van der Waals surface area contributed by atoms with Crippen LogP contribution >= 0.6 is 0 Å². The lowest BCUT2D eigenvalue weighted by Crippen LogP contribution is -2.49. The SMILES string of the molecule is Cc1cc(C#N)nc(N2CCN(S(=O)(=O)c3ccc(NC(=O)c4cc(CNCCN)ccc4N(C)S(C)(=O)=O)nc3)CC2)n1. The van der Waals surface area contributed by atoms with E-state index in [9.17, 15) is 26.9 Å². The molecule has 4 N–H and O–H groups in total. The molecular formula is C27H34N10O5S2.